The summed E-state index contributed by atoms with van der Waals surface area (Å²) >= 11 is 8.88. The van der Waals surface area contributed by atoms with E-state index in [9.17, 15) is 9.59 Å². The lowest BCUT2D eigenvalue weighted by Crippen LogP contribution is -2.20. The van der Waals surface area contributed by atoms with Crippen molar-refractivity contribution in [3.63, 3.8) is 0 Å². The lowest BCUT2D eigenvalue weighted by Gasteiger charge is -2.12. The van der Waals surface area contributed by atoms with E-state index in [2.05, 4.69) is 10.3 Å². The fourth-order valence-corrected chi connectivity index (χ4v) is 4.58. The van der Waals surface area contributed by atoms with Crippen LogP contribution in [0.1, 0.15) is 19.4 Å². The Hall–Kier alpha value is -2.02. The second-order valence-electron chi connectivity index (χ2n) is 5.47. The number of carbonyl (C=O) groups is 2. The number of benzene rings is 1. The number of ketones is 1. The molecule has 0 atom stereocenters. The van der Waals surface area contributed by atoms with E-state index in [1.807, 2.05) is 19.9 Å². The maximum Gasteiger partial charge on any atom is 0.261 e. The van der Waals surface area contributed by atoms with Crippen LogP contribution in [0.15, 0.2) is 64.7 Å². The molecule has 2 aromatic rings. The number of carbonyl (C=O) groups excluding carboxylic acids is 2. The molecule has 0 aliphatic rings. The predicted molar refractivity (Wildman–Crippen MR) is 122 cm³/mol. The average molecular weight is 433 g/mol. The molecule has 0 radical (unpaired) electrons. The normalized spacial score (nSPS) is 10.7. The van der Waals surface area contributed by atoms with Crippen LogP contribution < -0.4 is 5.32 Å². The van der Waals surface area contributed by atoms with E-state index in [4.69, 9.17) is 11.6 Å². The molecule has 0 saturated heterocycles. The molecule has 2 rings (SSSR count). The minimum atomic E-state index is -0.431. The number of anilines is 1. The van der Waals surface area contributed by atoms with Gasteiger partial charge >= 0.3 is 0 Å². The Bertz CT molecular complexity index is 858. The summed E-state index contributed by atoms with van der Waals surface area (Å²) in [7, 11) is 0. The van der Waals surface area contributed by atoms with Crippen molar-refractivity contribution in [2.75, 3.05) is 16.8 Å². The largest absolute Gasteiger partial charge is 0.322 e. The molecule has 146 valence electrons. The number of halogens is 1. The third-order valence-electron chi connectivity index (χ3n) is 3.44. The number of pyridine rings is 1. The Labute approximate surface area is 178 Å². The first-order chi connectivity index (χ1) is 13.5. The zero-order valence-electron chi connectivity index (χ0n) is 15.6. The van der Waals surface area contributed by atoms with E-state index in [0.717, 1.165) is 21.3 Å². The molecule has 0 spiro atoms. The molecule has 0 aliphatic heterocycles. The standard InChI is InChI=1S/C21H21ClN2O2S2/c1-3-27-21(28-4-2)19(18(25)12-7-15-6-5-13-23-14-15)20(26)24-17-10-8-16(22)9-11-17/h5-14H,3-4H2,1-2H3,(H,24,26)/b12-7+. The number of thioether (sulfide) groups is 2. The maximum atomic E-state index is 12.9. The van der Waals surface area contributed by atoms with Gasteiger partial charge in [0.2, 0.25) is 0 Å². The lowest BCUT2D eigenvalue weighted by molar-refractivity contribution is -0.117. The second-order valence-corrected chi connectivity index (χ2v) is 8.72. The zero-order valence-corrected chi connectivity index (χ0v) is 18.0. The van der Waals surface area contributed by atoms with E-state index in [0.29, 0.717) is 10.7 Å². The Balaban J connectivity index is 2.33. The summed E-state index contributed by atoms with van der Waals surface area (Å²) in [5.41, 5.74) is 1.52. The number of rotatable bonds is 9. The minimum absolute atomic E-state index is 0.147. The molecule has 7 heteroatoms. The van der Waals surface area contributed by atoms with Crippen molar-refractivity contribution in [1.29, 1.82) is 0 Å². The van der Waals surface area contributed by atoms with Gasteiger partial charge in [-0.05, 0) is 59.6 Å². The van der Waals surface area contributed by atoms with Gasteiger partial charge < -0.3 is 5.32 Å². The predicted octanol–water partition coefficient (Wildman–Crippen LogP) is 5.67. The summed E-state index contributed by atoms with van der Waals surface area (Å²) in [6, 6.07) is 10.4. The van der Waals surface area contributed by atoms with Crippen molar-refractivity contribution in [2.24, 2.45) is 0 Å². The molecule has 1 N–H and O–H groups in total. The Morgan fingerprint density at radius 1 is 1.11 bits per heavy atom. The van der Waals surface area contributed by atoms with E-state index in [1.165, 1.54) is 29.6 Å². The van der Waals surface area contributed by atoms with E-state index in [1.54, 1.807) is 48.8 Å². The topological polar surface area (TPSA) is 59.1 Å². The first-order valence-corrected chi connectivity index (χ1v) is 11.1. The zero-order chi connectivity index (χ0) is 20.4. The number of hydrogen-bond acceptors (Lipinski definition) is 5. The van der Waals surface area contributed by atoms with Crippen molar-refractivity contribution in [1.82, 2.24) is 4.98 Å². The quantitative estimate of drug-likeness (QED) is 0.314. The highest BCUT2D eigenvalue weighted by Gasteiger charge is 2.22. The van der Waals surface area contributed by atoms with Gasteiger partial charge in [0.25, 0.3) is 5.91 Å². The first kappa shape index (κ1) is 22.3. The molecule has 0 aliphatic carbocycles. The van der Waals surface area contributed by atoms with Gasteiger partial charge in [0.15, 0.2) is 5.78 Å². The van der Waals surface area contributed by atoms with Crippen LogP contribution in [0.3, 0.4) is 0 Å². The summed E-state index contributed by atoms with van der Waals surface area (Å²) in [5, 5.41) is 3.37. The highest BCUT2D eigenvalue weighted by atomic mass is 35.5. The number of allylic oxidation sites excluding steroid dienone is 1. The molecule has 0 unspecified atom stereocenters. The summed E-state index contributed by atoms with van der Waals surface area (Å²) in [5.74, 6) is 0.756. The van der Waals surface area contributed by atoms with Crippen LogP contribution in [-0.4, -0.2) is 28.2 Å². The first-order valence-electron chi connectivity index (χ1n) is 8.74. The lowest BCUT2D eigenvalue weighted by atomic mass is 10.1. The van der Waals surface area contributed by atoms with Gasteiger partial charge in [-0.2, -0.15) is 0 Å². The van der Waals surface area contributed by atoms with Gasteiger partial charge in [-0.1, -0.05) is 31.5 Å². The summed E-state index contributed by atoms with van der Waals surface area (Å²) < 4.78 is 0.720. The van der Waals surface area contributed by atoms with E-state index >= 15 is 0 Å². The highest BCUT2D eigenvalue weighted by Crippen LogP contribution is 2.32. The molecule has 0 bridgehead atoms. The SMILES string of the molecule is CCSC(SCC)=C(C(=O)/C=C/c1cccnc1)C(=O)Nc1ccc(Cl)cc1. The Morgan fingerprint density at radius 3 is 2.36 bits per heavy atom. The molecule has 1 amide bonds. The third-order valence-corrected chi connectivity index (χ3v) is 5.91. The van der Waals surface area contributed by atoms with Crippen LogP contribution in [0.25, 0.3) is 6.08 Å². The summed E-state index contributed by atoms with van der Waals surface area (Å²) in [6.07, 6.45) is 6.40. The smallest absolute Gasteiger partial charge is 0.261 e. The van der Waals surface area contributed by atoms with Gasteiger partial charge in [-0.25, -0.2) is 0 Å². The maximum absolute atomic E-state index is 12.9. The second kappa shape index (κ2) is 11.7. The van der Waals surface area contributed by atoms with E-state index < -0.39 is 5.91 Å². The van der Waals surface area contributed by atoms with Crippen molar-refractivity contribution >= 4 is 58.6 Å². The van der Waals surface area contributed by atoms with E-state index in [-0.39, 0.29) is 11.4 Å². The van der Waals surface area contributed by atoms with Gasteiger partial charge in [-0.3, -0.25) is 14.6 Å². The van der Waals surface area contributed by atoms with Gasteiger partial charge in [0, 0.05) is 23.1 Å². The molecular formula is C21H21ClN2O2S2. The Kier molecular flexibility index (Phi) is 9.34. The third kappa shape index (κ3) is 6.86. The molecule has 0 saturated carbocycles. The molecule has 1 heterocycles. The summed E-state index contributed by atoms with van der Waals surface area (Å²) in [4.78, 5) is 29.9. The highest BCUT2D eigenvalue weighted by molar-refractivity contribution is 8.22. The number of nitrogens with one attached hydrogen (secondary N) is 1. The van der Waals surface area contributed by atoms with Crippen molar-refractivity contribution in [3.05, 3.63) is 75.3 Å². The van der Waals surface area contributed by atoms with Crippen molar-refractivity contribution in [3.8, 4) is 0 Å². The molecule has 4 nitrogen and oxygen atoms in total. The fraction of sp³-hybridized carbons (Fsp3) is 0.190. The fourth-order valence-electron chi connectivity index (χ4n) is 2.21. The van der Waals surface area contributed by atoms with Gasteiger partial charge in [-0.15, -0.1) is 23.5 Å². The molecule has 28 heavy (non-hydrogen) atoms. The van der Waals surface area contributed by atoms with Crippen LogP contribution in [0.4, 0.5) is 5.69 Å². The van der Waals surface area contributed by atoms with Crippen LogP contribution in [-0.2, 0) is 9.59 Å². The number of amides is 1. The number of hydrogen-bond donors (Lipinski definition) is 1. The molecule has 1 aromatic carbocycles. The molecular weight excluding hydrogens is 412 g/mol. The van der Waals surface area contributed by atoms with Crippen LogP contribution in [0, 0.1) is 0 Å². The average Bonchev–Trinajstić information content (AvgIpc) is 2.69. The van der Waals surface area contributed by atoms with Crippen LogP contribution in [0.5, 0.6) is 0 Å². The van der Waals surface area contributed by atoms with Crippen molar-refractivity contribution in [2.45, 2.75) is 13.8 Å². The molecule has 0 fully saturated rings. The van der Waals surface area contributed by atoms with Crippen LogP contribution in [0.2, 0.25) is 5.02 Å². The van der Waals surface area contributed by atoms with Crippen LogP contribution >= 0.6 is 35.1 Å². The summed E-state index contributed by atoms with van der Waals surface area (Å²) in [6.45, 7) is 3.98. The number of nitrogens with zero attached hydrogens (tertiary/aromatic N) is 1. The Morgan fingerprint density at radius 2 is 1.79 bits per heavy atom. The monoisotopic (exact) mass is 432 g/mol. The number of aromatic nitrogens is 1. The van der Waals surface area contributed by atoms with Crippen molar-refractivity contribution < 1.29 is 9.59 Å². The van der Waals surface area contributed by atoms with Gasteiger partial charge in [0.1, 0.15) is 5.57 Å². The minimum Gasteiger partial charge on any atom is -0.322 e. The molecule has 1 aromatic heterocycles. The van der Waals surface area contributed by atoms with Gasteiger partial charge in [0.05, 0.1) is 4.24 Å².